The second-order valence-electron chi connectivity index (χ2n) is 4.49. The lowest BCUT2D eigenvalue weighted by molar-refractivity contribution is 0.297. The third-order valence-electron chi connectivity index (χ3n) is 3.19. The Kier molecular flexibility index (Phi) is 4.24. The molecular formula is C11H15BrN2O3S. The van der Waals surface area contributed by atoms with Gasteiger partial charge in [-0.05, 0) is 34.3 Å². The highest BCUT2D eigenvalue weighted by atomic mass is 79.9. The predicted molar refractivity (Wildman–Crippen MR) is 71.9 cm³/mol. The molecule has 0 atom stereocenters. The van der Waals surface area contributed by atoms with Gasteiger partial charge in [0.15, 0.2) is 0 Å². The molecule has 0 amide bonds. The van der Waals surface area contributed by atoms with Gasteiger partial charge in [0, 0.05) is 17.2 Å². The maximum Gasteiger partial charge on any atom is 0.268 e. The summed E-state index contributed by atoms with van der Waals surface area (Å²) in [5.41, 5.74) is -0.602. The highest BCUT2D eigenvalue weighted by molar-refractivity contribution is 9.10. The van der Waals surface area contributed by atoms with Gasteiger partial charge in [0.25, 0.3) is 5.56 Å². The van der Waals surface area contributed by atoms with Gasteiger partial charge in [-0.3, -0.25) is 4.79 Å². The first-order valence-electron chi connectivity index (χ1n) is 5.87. The zero-order valence-corrected chi connectivity index (χ0v) is 12.2. The quantitative estimate of drug-likeness (QED) is 0.858. The summed E-state index contributed by atoms with van der Waals surface area (Å²) in [6, 6.07) is 1.31. The molecule has 0 unspecified atom stereocenters. The first-order chi connectivity index (χ1) is 8.49. The van der Waals surface area contributed by atoms with Gasteiger partial charge in [-0.2, -0.15) is 0 Å². The number of halogens is 1. The molecular weight excluding hydrogens is 320 g/mol. The molecule has 1 aliphatic carbocycles. The zero-order valence-electron chi connectivity index (χ0n) is 9.78. The van der Waals surface area contributed by atoms with Crippen LogP contribution in [0.2, 0.25) is 0 Å². The van der Waals surface area contributed by atoms with Crippen molar-refractivity contribution in [2.24, 2.45) is 5.92 Å². The monoisotopic (exact) mass is 334 g/mol. The number of nitrogens with one attached hydrogen (secondary N) is 2. The summed E-state index contributed by atoms with van der Waals surface area (Å²) in [4.78, 5) is 13.6. The van der Waals surface area contributed by atoms with Crippen LogP contribution in [0.3, 0.4) is 0 Å². The molecule has 5 nitrogen and oxygen atoms in total. The Labute approximate surface area is 114 Å². The molecule has 2 rings (SSSR count). The van der Waals surface area contributed by atoms with Crippen LogP contribution >= 0.6 is 15.9 Å². The standard InChI is InChI=1S/C11H15BrN2O3S/c12-9-6-10(11(15)13-7-9)18(16,17)14-5-4-8-2-1-3-8/h6-8,14H,1-5H2,(H,13,15). The van der Waals surface area contributed by atoms with E-state index in [2.05, 4.69) is 25.6 Å². The van der Waals surface area contributed by atoms with E-state index < -0.39 is 15.6 Å². The maximum absolute atomic E-state index is 11.9. The largest absolute Gasteiger partial charge is 0.327 e. The number of hydrogen-bond donors (Lipinski definition) is 2. The van der Waals surface area contributed by atoms with Gasteiger partial charge >= 0.3 is 0 Å². The molecule has 0 saturated heterocycles. The molecule has 1 aromatic heterocycles. The van der Waals surface area contributed by atoms with Crippen molar-refractivity contribution in [2.75, 3.05) is 6.54 Å². The first kappa shape index (κ1) is 13.8. The van der Waals surface area contributed by atoms with E-state index in [-0.39, 0.29) is 4.90 Å². The number of rotatable bonds is 5. The molecule has 1 heterocycles. The molecule has 18 heavy (non-hydrogen) atoms. The third kappa shape index (κ3) is 3.21. The summed E-state index contributed by atoms with van der Waals surface area (Å²) >= 11 is 3.14. The fourth-order valence-electron chi connectivity index (χ4n) is 1.89. The molecule has 0 spiro atoms. The van der Waals surface area contributed by atoms with Crippen LogP contribution in [0.5, 0.6) is 0 Å². The first-order valence-corrected chi connectivity index (χ1v) is 8.14. The Bertz CT molecular complexity index is 578. The SMILES string of the molecule is O=c1[nH]cc(Br)cc1S(=O)(=O)NCCC1CCC1. The molecule has 1 aromatic rings. The number of pyridine rings is 1. The average molecular weight is 335 g/mol. The van der Waals surface area contributed by atoms with E-state index >= 15 is 0 Å². The lowest BCUT2D eigenvalue weighted by Crippen LogP contribution is -2.31. The van der Waals surface area contributed by atoms with Crippen molar-refractivity contribution in [3.8, 4) is 0 Å². The minimum Gasteiger partial charge on any atom is -0.327 e. The van der Waals surface area contributed by atoms with Gasteiger partial charge in [-0.1, -0.05) is 19.3 Å². The Morgan fingerprint density at radius 3 is 2.78 bits per heavy atom. The molecule has 2 N–H and O–H groups in total. The van der Waals surface area contributed by atoms with Crippen molar-refractivity contribution >= 4 is 26.0 Å². The summed E-state index contributed by atoms with van der Waals surface area (Å²) < 4.78 is 26.9. The van der Waals surface area contributed by atoms with Crippen LogP contribution in [0.15, 0.2) is 26.4 Å². The molecule has 0 aliphatic heterocycles. The smallest absolute Gasteiger partial charge is 0.268 e. The molecule has 0 aromatic carbocycles. The lowest BCUT2D eigenvalue weighted by atomic mass is 9.83. The Morgan fingerprint density at radius 1 is 1.44 bits per heavy atom. The van der Waals surface area contributed by atoms with E-state index in [1.165, 1.54) is 31.5 Å². The van der Waals surface area contributed by atoms with Gasteiger partial charge in [-0.15, -0.1) is 0 Å². The average Bonchev–Trinajstić information content (AvgIpc) is 2.25. The molecule has 1 aliphatic rings. The summed E-state index contributed by atoms with van der Waals surface area (Å²) in [5, 5.41) is 0. The van der Waals surface area contributed by atoms with Gasteiger partial charge in [-0.25, -0.2) is 13.1 Å². The zero-order chi connectivity index (χ0) is 13.2. The van der Waals surface area contributed by atoms with Gasteiger partial charge < -0.3 is 4.98 Å². The van der Waals surface area contributed by atoms with E-state index in [0.29, 0.717) is 16.9 Å². The summed E-state index contributed by atoms with van der Waals surface area (Å²) in [6.07, 6.45) is 5.85. The number of sulfonamides is 1. The highest BCUT2D eigenvalue weighted by Gasteiger charge is 2.21. The minimum atomic E-state index is -3.72. The number of hydrogen-bond acceptors (Lipinski definition) is 3. The number of aromatic nitrogens is 1. The third-order valence-corrected chi connectivity index (χ3v) is 5.12. The van der Waals surface area contributed by atoms with Crippen LogP contribution < -0.4 is 10.3 Å². The van der Waals surface area contributed by atoms with Crippen molar-refractivity contribution in [1.82, 2.24) is 9.71 Å². The Morgan fingerprint density at radius 2 is 2.17 bits per heavy atom. The van der Waals surface area contributed by atoms with Gasteiger partial charge in [0.05, 0.1) is 0 Å². The predicted octanol–water partition coefficient (Wildman–Crippen LogP) is 1.61. The second kappa shape index (κ2) is 5.54. The van der Waals surface area contributed by atoms with Crippen molar-refractivity contribution in [3.63, 3.8) is 0 Å². The number of H-pyrrole nitrogens is 1. The summed E-state index contributed by atoms with van der Waals surface area (Å²) in [6.45, 7) is 0.388. The second-order valence-corrected chi connectivity index (χ2v) is 7.15. The topological polar surface area (TPSA) is 79.0 Å². The molecule has 0 bridgehead atoms. The van der Waals surface area contributed by atoms with Crippen molar-refractivity contribution in [1.29, 1.82) is 0 Å². The van der Waals surface area contributed by atoms with Crippen molar-refractivity contribution in [2.45, 2.75) is 30.6 Å². The van der Waals surface area contributed by atoms with Crippen LogP contribution in [0.4, 0.5) is 0 Å². The van der Waals surface area contributed by atoms with Crippen LogP contribution in [-0.4, -0.2) is 19.9 Å². The Balaban J connectivity index is 2.04. The molecule has 0 radical (unpaired) electrons. The molecule has 100 valence electrons. The van der Waals surface area contributed by atoms with E-state index in [1.807, 2.05) is 0 Å². The van der Waals surface area contributed by atoms with E-state index in [9.17, 15) is 13.2 Å². The molecule has 1 saturated carbocycles. The molecule has 1 fully saturated rings. The Hall–Kier alpha value is -0.660. The lowest BCUT2D eigenvalue weighted by Gasteiger charge is -2.25. The molecule has 7 heteroatoms. The van der Waals surface area contributed by atoms with Crippen LogP contribution in [-0.2, 0) is 10.0 Å². The van der Waals surface area contributed by atoms with Gasteiger partial charge in [0.2, 0.25) is 10.0 Å². The maximum atomic E-state index is 11.9. The van der Waals surface area contributed by atoms with Crippen LogP contribution in [0, 0.1) is 5.92 Å². The highest BCUT2D eigenvalue weighted by Crippen LogP contribution is 2.28. The summed E-state index contributed by atoms with van der Waals surface area (Å²) in [7, 11) is -3.72. The fraction of sp³-hybridized carbons (Fsp3) is 0.545. The normalized spacial score (nSPS) is 16.5. The van der Waals surface area contributed by atoms with Crippen LogP contribution in [0.25, 0.3) is 0 Å². The minimum absolute atomic E-state index is 0.245. The summed E-state index contributed by atoms with van der Waals surface area (Å²) in [5.74, 6) is 0.633. The van der Waals surface area contributed by atoms with E-state index in [1.54, 1.807) is 0 Å². The fourth-order valence-corrected chi connectivity index (χ4v) is 3.52. The van der Waals surface area contributed by atoms with E-state index in [0.717, 1.165) is 6.42 Å². The van der Waals surface area contributed by atoms with Crippen molar-refractivity contribution < 1.29 is 8.42 Å². The number of aromatic amines is 1. The van der Waals surface area contributed by atoms with Crippen LogP contribution in [0.1, 0.15) is 25.7 Å². The van der Waals surface area contributed by atoms with E-state index in [4.69, 9.17) is 0 Å². The van der Waals surface area contributed by atoms with Gasteiger partial charge in [0.1, 0.15) is 4.90 Å². The van der Waals surface area contributed by atoms with Crippen molar-refractivity contribution in [3.05, 3.63) is 27.1 Å².